The molecule has 0 heterocycles. The van der Waals surface area contributed by atoms with Crippen molar-refractivity contribution in [2.45, 2.75) is 32.6 Å². The normalized spacial score (nSPS) is 11.1. The summed E-state index contributed by atoms with van der Waals surface area (Å²) in [5.41, 5.74) is 3.46. The number of rotatable bonds is 6. The predicted octanol–water partition coefficient (Wildman–Crippen LogP) is 3.17. The molecule has 2 aromatic rings. The fourth-order valence-corrected chi connectivity index (χ4v) is 4.05. The summed E-state index contributed by atoms with van der Waals surface area (Å²) in [4.78, 5) is 12.2. The van der Waals surface area contributed by atoms with Gasteiger partial charge >= 0.3 is 0 Å². The lowest BCUT2D eigenvalue weighted by atomic mass is 10.1. The number of carbonyl (C=O) groups excluding carboxylic acids is 1. The highest BCUT2D eigenvalue weighted by Crippen LogP contribution is 2.27. The number of anilines is 1. The van der Waals surface area contributed by atoms with Crippen LogP contribution in [0.25, 0.3) is 0 Å². The van der Waals surface area contributed by atoms with Crippen molar-refractivity contribution in [1.82, 2.24) is 5.32 Å². The molecule has 0 aliphatic heterocycles. The topological polar surface area (TPSA) is 84.5 Å². The van der Waals surface area contributed by atoms with Gasteiger partial charge in [-0.15, -0.1) is 0 Å². The van der Waals surface area contributed by atoms with Gasteiger partial charge in [0.1, 0.15) is 5.75 Å². The van der Waals surface area contributed by atoms with Crippen molar-refractivity contribution < 1.29 is 17.9 Å². The highest BCUT2D eigenvalue weighted by molar-refractivity contribution is 7.92. The Kier molecular flexibility index (Phi) is 5.92. The molecule has 0 radical (unpaired) electrons. The van der Waals surface area contributed by atoms with E-state index in [0.29, 0.717) is 18.0 Å². The van der Waals surface area contributed by atoms with Gasteiger partial charge in [-0.05, 0) is 57.0 Å². The van der Waals surface area contributed by atoms with Gasteiger partial charge in [0, 0.05) is 6.54 Å². The van der Waals surface area contributed by atoms with Crippen LogP contribution >= 0.6 is 0 Å². The molecule has 0 saturated heterocycles. The summed E-state index contributed by atoms with van der Waals surface area (Å²) in [7, 11) is -2.42. The van der Waals surface area contributed by atoms with E-state index in [-0.39, 0.29) is 16.4 Å². The van der Waals surface area contributed by atoms with E-state index in [9.17, 15) is 13.2 Å². The highest BCUT2D eigenvalue weighted by Gasteiger charge is 2.21. The second-order valence-electron chi connectivity index (χ2n) is 6.10. The van der Waals surface area contributed by atoms with Gasteiger partial charge in [-0.3, -0.25) is 9.52 Å². The zero-order chi connectivity index (χ0) is 19.5. The summed E-state index contributed by atoms with van der Waals surface area (Å²) in [6, 6.07) is 8.06. The summed E-state index contributed by atoms with van der Waals surface area (Å²) < 4.78 is 33.5. The van der Waals surface area contributed by atoms with Crippen LogP contribution in [0.3, 0.4) is 0 Å². The molecule has 0 spiro atoms. The first kappa shape index (κ1) is 19.8. The average Bonchev–Trinajstić information content (AvgIpc) is 2.57. The van der Waals surface area contributed by atoms with Crippen LogP contribution in [0.2, 0.25) is 0 Å². The van der Waals surface area contributed by atoms with Crippen LogP contribution in [0.5, 0.6) is 5.75 Å². The Bertz CT molecular complexity index is 914. The average molecular weight is 376 g/mol. The lowest BCUT2D eigenvalue weighted by molar-refractivity contribution is 0.0952. The van der Waals surface area contributed by atoms with E-state index >= 15 is 0 Å². The summed E-state index contributed by atoms with van der Waals surface area (Å²) in [6.07, 6.45) is 0. The molecule has 140 valence electrons. The van der Waals surface area contributed by atoms with Gasteiger partial charge in [-0.25, -0.2) is 8.42 Å². The summed E-state index contributed by atoms with van der Waals surface area (Å²) in [5.74, 6) is -0.0679. The Morgan fingerprint density at radius 3 is 2.23 bits per heavy atom. The summed E-state index contributed by atoms with van der Waals surface area (Å²) >= 11 is 0. The van der Waals surface area contributed by atoms with E-state index in [2.05, 4.69) is 10.0 Å². The quantitative estimate of drug-likeness (QED) is 0.811. The third kappa shape index (κ3) is 4.16. The fourth-order valence-electron chi connectivity index (χ4n) is 2.82. The maximum Gasteiger partial charge on any atom is 0.261 e. The lowest BCUT2D eigenvalue weighted by Crippen LogP contribution is -2.24. The molecule has 2 N–H and O–H groups in total. The van der Waals surface area contributed by atoms with Gasteiger partial charge in [-0.1, -0.05) is 17.7 Å². The maximum atomic E-state index is 12.8. The molecule has 0 aliphatic carbocycles. The molecular weight excluding hydrogens is 352 g/mol. The first-order valence-corrected chi connectivity index (χ1v) is 9.74. The lowest BCUT2D eigenvalue weighted by Gasteiger charge is -2.15. The minimum absolute atomic E-state index is 0.000993. The van der Waals surface area contributed by atoms with Crippen LogP contribution in [0.4, 0.5) is 5.69 Å². The van der Waals surface area contributed by atoms with Crippen molar-refractivity contribution >= 4 is 21.6 Å². The zero-order valence-electron chi connectivity index (χ0n) is 15.6. The molecule has 0 bridgehead atoms. The smallest absolute Gasteiger partial charge is 0.261 e. The Morgan fingerprint density at radius 2 is 1.69 bits per heavy atom. The molecule has 2 aromatic carbocycles. The van der Waals surface area contributed by atoms with Crippen molar-refractivity contribution in [1.29, 1.82) is 0 Å². The Morgan fingerprint density at radius 1 is 1.08 bits per heavy atom. The molecule has 0 aromatic heterocycles. The highest BCUT2D eigenvalue weighted by atomic mass is 32.2. The first-order chi connectivity index (χ1) is 12.2. The van der Waals surface area contributed by atoms with Gasteiger partial charge < -0.3 is 10.1 Å². The van der Waals surface area contributed by atoms with Gasteiger partial charge in [-0.2, -0.15) is 0 Å². The largest absolute Gasteiger partial charge is 0.496 e. The van der Waals surface area contributed by atoms with Crippen LogP contribution < -0.4 is 14.8 Å². The number of hydrogen-bond acceptors (Lipinski definition) is 4. The van der Waals surface area contributed by atoms with Crippen LogP contribution in [0, 0.1) is 20.8 Å². The van der Waals surface area contributed by atoms with Crippen molar-refractivity contribution in [3.63, 3.8) is 0 Å². The molecule has 0 aliphatic rings. The number of aryl methyl sites for hydroxylation is 3. The second-order valence-corrected chi connectivity index (χ2v) is 7.78. The van der Waals surface area contributed by atoms with Crippen molar-refractivity contribution in [3.05, 3.63) is 52.6 Å². The Balaban J connectivity index is 2.47. The third-order valence-electron chi connectivity index (χ3n) is 3.98. The van der Waals surface area contributed by atoms with Crippen LogP contribution in [0.1, 0.15) is 34.0 Å². The Hall–Kier alpha value is -2.54. The number of carbonyl (C=O) groups is 1. The SMILES string of the molecule is CCNC(=O)c1cc(S(=O)(=O)Nc2c(C)cc(C)cc2C)ccc1OC. The molecule has 0 saturated carbocycles. The summed E-state index contributed by atoms with van der Waals surface area (Å²) in [6.45, 7) is 7.88. The standard InChI is InChI=1S/C19H24N2O4S/c1-6-20-19(22)16-11-15(7-8-17(16)25-5)26(23,24)21-18-13(3)9-12(2)10-14(18)4/h7-11,21H,6H2,1-5H3,(H,20,22). The van der Waals surface area contributed by atoms with Gasteiger partial charge in [0.25, 0.3) is 15.9 Å². The molecule has 0 fully saturated rings. The van der Waals surface area contributed by atoms with Crippen molar-refractivity contribution in [2.75, 3.05) is 18.4 Å². The van der Waals surface area contributed by atoms with E-state index < -0.39 is 10.0 Å². The number of ether oxygens (including phenoxy) is 1. The number of methoxy groups -OCH3 is 1. The van der Waals surface area contributed by atoms with Crippen LogP contribution in [0.15, 0.2) is 35.2 Å². The molecular formula is C19H24N2O4S. The third-order valence-corrected chi connectivity index (χ3v) is 5.32. The van der Waals surface area contributed by atoms with E-state index in [0.717, 1.165) is 16.7 Å². The van der Waals surface area contributed by atoms with Gasteiger partial charge in [0.15, 0.2) is 0 Å². The molecule has 0 unspecified atom stereocenters. The minimum Gasteiger partial charge on any atom is -0.496 e. The molecule has 1 amide bonds. The molecule has 0 atom stereocenters. The van der Waals surface area contributed by atoms with Gasteiger partial charge in [0.05, 0.1) is 23.3 Å². The van der Waals surface area contributed by atoms with Crippen LogP contribution in [-0.4, -0.2) is 28.0 Å². The molecule has 2 rings (SSSR count). The molecule has 6 nitrogen and oxygen atoms in total. The van der Waals surface area contributed by atoms with Crippen molar-refractivity contribution in [3.8, 4) is 5.75 Å². The monoisotopic (exact) mass is 376 g/mol. The van der Waals surface area contributed by atoms with Crippen LogP contribution in [-0.2, 0) is 10.0 Å². The predicted molar refractivity (Wildman–Crippen MR) is 102 cm³/mol. The van der Waals surface area contributed by atoms with E-state index in [1.165, 1.54) is 25.3 Å². The fraction of sp³-hybridized carbons (Fsp3) is 0.316. The van der Waals surface area contributed by atoms with E-state index in [1.54, 1.807) is 6.92 Å². The first-order valence-electron chi connectivity index (χ1n) is 8.26. The number of hydrogen-bond donors (Lipinski definition) is 2. The van der Waals surface area contributed by atoms with E-state index in [4.69, 9.17) is 4.74 Å². The van der Waals surface area contributed by atoms with Gasteiger partial charge in [0.2, 0.25) is 0 Å². The number of amides is 1. The molecule has 26 heavy (non-hydrogen) atoms. The van der Waals surface area contributed by atoms with E-state index in [1.807, 2.05) is 32.9 Å². The zero-order valence-corrected chi connectivity index (χ0v) is 16.5. The number of nitrogens with one attached hydrogen (secondary N) is 2. The molecule has 7 heteroatoms. The number of sulfonamides is 1. The Labute approximate surface area is 154 Å². The number of benzene rings is 2. The maximum absolute atomic E-state index is 12.8. The minimum atomic E-state index is -3.85. The second kappa shape index (κ2) is 7.78. The van der Waals surface area contributed by atoms with Crippen molar-refractivity contribution in [2.24, 2.45) is 0 Å². The summed E-state index contributed by atoms with van der Waals surface area (Å²) in [5, 5.41) is 2.66.